The molecule has 0 saturated carbocycles. The standard InChI is InChI=1S/C17H15BrFN3O2S/c1-10(14-7-8-15(18)25-14)20-17(24)12-6-9-16(23)22(21-12)13-5-3-2-4-11(13)19/h2-10,16,23H,1H3,(H,20,24)/t10-,16?/m1/s1. The molecule has 2 N–H and O–H groups in total. The van der Waals surface area contributed by atoms with E-state index in [-0.39, 0.29) is 17.4 Å². The van der Waals surface area contributed by atoms with Crippen molar-refractivity contribution in [2.45, 2.75) is 19.2 Å². The molecule has 0 spiro atoms. The van der Waals surface area contributed by atoms with Crippen molar-refractivity contribution in [3.63, 3.8) is 0 Å². The number of benzene rings is 1. The van der Waals surface area contributed by atoms with Crippen molar-refractivity contribution < 1.29 is 14.3 Å². The number of hydrazone groups is 1. The highest BCUT2D eigenvalue weighted by Gasteiger charge is 2.24. The lowest BCUT2D eigenvalue weighted by atomic mass is 10.2. The van der Waals surface area contributed by atoms with Crippen molar-refractivity contribution in [2.24, 2.45) is 5.10 Å². The molecular formula is C17H15BrFN3O2S. The van der Waals surface area contributed by atoms with Gasteiger partial charge in [-0.1, -0.05) is 12.1 Å². The van der Waals surface area contributed by atoms with E-state index in [4.69, 9.17) is 0 Å². The summed E-state index contributed by atoms with van der Waals surface area (Å²) < 4.78 is 14.9. The van der Waals surface area contributed by atoms with Crippen molar-refractivity contribution in [3.05, 3.63) is 63.0 Å². The lowest BCUT2D eigenvalue weighted by Gasteiger charge is -2.27. The Morgan fingerprint density at radius 1 is 1.40 bits per heavy atom. The van der Waals surface area contributed by atoms with Gasteiger partial charge in [-0.25, -0.2) is 9.40 Å². The van der Waals surface area contributed by atoms with Gasteiger partial charge in [0.25, 0.3) is 5.91 Å². The summed E-state index contributed by atoms with van der Waals surface area (Å²) in [6.07, 6.45) is 1.67. The minimum Gasteiger partial charge on any atom is -0.368 e. The van der Waals surface area contributed by atoms with E-state index in [1.165, 1.54) is 35.6 Å². The number of nitrogens with zero attached hydrogens (tertiary/aromatic N) is 2. The number of halogens is 2. The average molecular weight is 424 g/mol. The molecule has 3 rings (SSSR count). The third-order valence-electron chi connectivity index (χ3n) is 3.59. The second-order valence-electron chi connectivity index (χ2n) is 5.39. The van der Waals surface area contributed by atoms with Crippen LogP contribution in [-0.4, -0.2) is 23.0 Å². The third kappa shape index (κ3) is 3.97. The summed E-state index contributed by atoms with van der Waals surface area (Å²) in [6.45, 7) is 1.87. The predicted molar refractivity (Wildman–Crippen MR) is 100 cm³/mol. The van der Waals surface area contributed by atoms with Crippen LogP contribution in [0.1, 0.15) is 17.8 Å². The number of nitrogens with one attached hydrogen (secondary N) is 1. The van der Waals surface area contributed by atoms with Crippen LogP contribution >= 0.6 is 27.3 Å². The molecule has 1 aliphatic rings. The molecular weight excluding hydrogens is 409 g/mol. The zero-order chi connectivity index (χ0) is 18.0. The van der Waals surface area contributed by atoms with Crippen LogP contribution in [0.4, 0.5) is 10.1 Å². The number of aliphatic hydroxyl groups excluding tert-OH is 1. The van der Waals surface area contributed by atoms with Crippen LogP contribution in [0.2, 0.25) is 0 Å². The summed E-state index contributed by atoms with van der Waals surface area (Å²) in [6, 6.07) is 9.58. The summed E-state index contributed by atoms with van der Waals surface area (Å²) in [4.78, 5) is 13.4. The van der Waals surface area contributed by atoms with Crippen molar-refractivity contribution in [3.8, 4) is 0 Å². The van der Waals surface area contributed by atoms with Gasteiger partial charge in [-0.05, 0) is 59.3 Å². The molecule has 25 heavy (non-hydrogen) atoms. The van der Waals surface area contributed by atoms with E-state index >= 15 is 0 Å². The molecule has 0 aliphatic carbocycles. The van der Waals surface area contributed by atoms with Gasteiger partial charge in [0.05, 0.1) is 15.5 Å². The summed E-state index contributed by atoms with van der Waals surface area (Å²) in [7, 11) is 0. The molecule has 0 saturated heterocycles. The van der Waals surface area contributed by atoms with Crippen molar-refractivity contribution in [2.75, 3.05) is 5.01 Å². The molecule has 1 aromatic carbocycles. The fourth-order valence-electron chi connectivity index (χ4n) is 2.33. The molecule has 0 fully saturated rings. The Labute approximate surface area is 156 Å². The fourth-order valence-corrected chi connectivity index (χ4v) is 3.75. The molecule has 2 atom stereocenters. The molecule has 2 heterocycles. The van der Waals surface area contributed by atoms with Crippen LogP contribution in [0.15, 0.2) is 57.4 Å². The first-order valence-electron chi connectivity index (χ1n) is 7.50. The Morgan fingerprint density at radius 3 is 2.84 bits per heavy atom. The molecule has 1 unspecified atom stereocenters. The van der Waals surface area contributed by atoms with Crippen molar-refractivity contribution in [1.29, 1.82) is 0 Å². The van der Waals surface area contributed by atoms with Gasteiger partial charge in [0.2, 0.25) is 0 Å². The lowest BCUT2D eigenvalue weighted by Crippen LogP contribution is -2.39. The fraction of sp³-hybridized carbons (Fsp3) is 0.176. The molecule has 5 nitrogen and oxygen atoms in total. The largest absolute Gasteiger partial charge is 0.368 e. The van der Waals surface area contributed by atoms with Crippen LogP contribution in [0.5, 0.6) is 0 Å². The molecule has 8 heteroatoms. The Balaban J connectivity index is 1.79. The van der Waals surface area contributed by atoms with Gasteiger partial charge in [-0.15, -0.1) is 11.3 Å². The molecule has 1 aliphatic heterocycles. The van der Waals surface area contributed by atoms with Gasteiger partial charge in [0, 0.05) is 4.88 Å². The number of hydrogen-bond donors (Lipinski definition) is 2. The number of rotatable bonds is 4. The highest BCUT2D eigenvalue weighted by Crippen LogP contribution is 2.27. The lowest BCUT2D eigenvalue weighted by molar-refractivity contribution is -0.115. The quantitative estimate of drug-likeness (QED) is 0.789. The number of amides is 1. The second-order valence-corrected chi connectivity index (χ2v) is 7.89. The summed E-state index contributed by atoms with van der Waals surface area (Å²) in [5, 5.41) is 18.1. The van der Waals surface area contributed by atoms with Gasteiger partial charge < -0.3 is 10.4 Å². The smallest absolute Gasteiger partial charge is 0.272 e. The van der Waals surface area contributed by atoms with E-state index in [0.717, 1.165) is 13.7 Å². The molecule has 0 bridgehead atoms. The van der Waals surface area contributed by atoms with E-state index in [2.05, 4.69) is 26.3 Å². The molecule has 1 amide bonds. The topological polar surface area (TPSA) is 64.9 Å². The minimum absolute atomic E-state index is 0.0935. The highest BCUT2D eigenvalue weighted by atomic mass is 79.9. The van der Waals surface area contributed by atoms with Crippen molar-refractivity contribution in [1.82, 2.24) is 5.32 Å². The van der Waals surface area contributed by atoms with E-state index in [9.17, 15) is 14.3 Å². The Morgan fingerprint density at radius 2 is 2.16 bits per heavy atom. The maximum atomic E-state index is 14.0. The van der Waals surface area contributed by atoms with Gasteiger partial charge in [0.15, 0.2) is 6.23 Å². The van der Waals surface area contributed by atoms with Gasteiger partial charge >= 0.3 is 0 Å². The Bertz CT molecular complexity index is 852. The number of para-hydroxylation sites is 1. The maximum absolute atomic E-state index is 14.0. The summed E-state index contributed by atoms with van der Waals surface area (Å²) in [5.74, 6) is -0.932. The van der Waals surface area contributed by atoms with E-state index in [1.807, 2.05) is 19.1 Å². The first kappa shape index (κ1) is 17.8. The first-order valence-corrected chi connectivity index (χ1v) is 9.11. The van der Waals surface area contributed by atoms with Gasteiger partial charge in [-0.2, -0.15) is 5.10 Å². The first-order chi connectivity index (χ1) is 12.0. The maximum Gasteiger partial charge on any atom is 0.272 e. The van der Waals surface area contributed by atoms with Gasteiger partial charge in [-0.3, -0.25) is 4.79 Å². The van der Waals surface area contributed by atoms with Crippen LogP contribution in [-0.2, 0) is 4.79 Å². The summed E-state index contributed by atoms with van der Waals surface area (Å²) in [5.41, 5.74) is 0.191. The van der Waals surface area contributed by atoms with E-state index < -0.39 is 18.0 Å². The zero-order valence-electron chi connectivity index (χ0n) is 13.2. The monoisotopic (exact) mass is 423 g/mol. The number of carbonyl (C=O) groups is 1. The number of aliphatic hydroxyl groups is 1. The number of thiophene rings is 1. The number of hydrogen-bond acceptors (Lipinski definition) is 5. The average Bonchev–Trinajstić information content (AvgIpc) is 3.02. The van der Waals surface area contributed by atoms with Crippen LogP contribution in [0.25, 0.3) is 0 Å². The van der Waals surface area contributed by atoms with Gasteiger partial charge in [0.1, 0.15) is 11.5 Å². The number of anilines is 1. The normalized spacial score (nSPS) is 18.0. The molecule has 0 radical (unpaired) electrons. The van der Waals surface area contributed by atoms with Crippen LogP contribution in [0.3, 0.4) is 0 Å². The van der Waals surface area contributed by atoms with Crippen LogP contribution < -0.4 is 10.3 Å². The van der Waals surface area contributed by atoms with Crippen molar-refractivity contribution >= 4 is 44.6 Å². The zero-order valence-corrected chi connectivity index (χ0v) is 15.6. The second kappa shape index (κ2) is 7.47. The molecule has 130 valence electrons. The SMILES string of the molecule is C[C@@H](NC(=O)C1=NN(c2ccccc2F)C(O)C=C1)c1ccc(Br)s1. The minimum atomic E-state index is -1.14. The van der Waals surface area contributed by atoms with E-state index in [0.29, 0.717) is 0 Å². The number of carbonyl (C=O) groups excluding carboxylic acids is 1. The Hall–Kier alpha value is -2.03. The van der Waals surface area contributed by atoms with Crippen LogP contribution in [0, 0.1) is 5.82 Å². The third-order valence-corrected chi connectivity index (χ3v) is 5.40. The summed E-state index contributed by atoms with van der Waals surface area (Å²) >= 11 is 4.92. The van der Waals surface area contributed by atoms with E-state index in [1.54, 1.807) is 12.1 Å². The molecule has 1 aromatic heterocycles. The Kier molecular flexibility index (Phi) is 5.31. The highest BCUT2D eigenvalue weighted by molar-refractivity contribution is 9.11. The molecule has 2 aromatic rings. The predicted octanol–water partition coefficient (Wildman–Crippen LogP) is 3.58.